The van der Waals surface area contributed by atoms with Crippen molar-refractivity contribution in [1.29, 1.82) is 0 Å². The minimum atomic E-state index is -0.167. The number of nitrogens with one attached hydrogen (secondary N) is 1. The fraction of sp³-hybridized carbons (Fsp3) is 0.444. The number of carbonyl (C=O) groups is 1. The number of aromatic amines is 1. The first-order valence-corrected chi connectivity index (χ1v) is 12.2. The zero-order chi connectivity index (χ0) is 23.7. The molecule has 3 atom stereocenters. The summed E-state index contributed by atoms with van der Waals surface area (Å²) in [6.07, 6.45) is 4.02. The maximum Gasteiger partial charge on any atom is 0.258 e. The van der Waals surface area contributed by atoms with E-state index in [2.05, 4.69) is 23.8 Å². The van der Waals surface area contributed by atoms with E-state index in [-0.39, 0.29) is 24.3 Å². The van der Waals surface area contributed by atoms with Crippen LogP contribution in [0.1, 0.15) is 50.9 Å². The van der Waals surface area contributed by atoms with Gasteiger partial charge in [-0.1, -0.05) is 44.9 Å². The van der Waals surface area contributed by atoms with Crippen molar-refractivity contribution in [2.24, 2.45) is 11.8 Å². The summed E-state index contributed by atoms with van der Waals surface area (Å²) in [6.45, 7) is 5.30. The summed E-state index contributed by atoms with van der Waals surface area (Å²) in [6, 6.07) is 13.4. The quantitative estimate of drug-likeness (QED) is 0.587. The molecule has 3 aromatic rings. The summed E-state index contributed by atoms with van der Waals surface area (Å²) in [7, 11) is 0. The molecule has 2 aliphatic rings. The van der Waals surface area contributed by atoms with Gasteiger partial charge in [-0.2, -0.15) is 0 Å². The molecule has 3 unspecified atom stereocenters. The molecule has 1 aliphatic carbocycles. The van der Waals surface area contributed by atoms with Crippen molar-refractivity contribution in [2.75, 3.05) is 6.79 Å². The molecular weight excluding hydrogens is 430 g/mol. The molecule has 178 valence electrons. The first-order valence-electron chi connectivity index (χ1n) is 12.2. The topological polar surface area (TPSA) is 84.5 Å². The number of ether oxygens (including phenoxy) is 2. The maximum atomic E-state index is 13.6. The Bertz CT molecular complexity index is 1250. The second-order valence-electron chi connectivity index (χ2n) is 9.57. The van der Waals surface area contributed by atoms with Gasteiger partial charge in [0, 0.05) is 25.4 Å². The molecule has 1 saturated carbocycles. The predicted octanol–water partition coefficient (Wildman–Crippen LogP) is 4.44. The molecular formula is C27H31N3O4. The molecule has 5 rings (SSSR count). The summed E-state index contributed by atoms with van der Waals surface area (Å²) < 4.78 is 11.0. The normalized spacial score (nSPS) is 21.5. The molecule has 2 aromatic carbocycles. The lowest BCUT2D eigenvalue weighted by Crippen LogP contribution is -2.47. The van der Waals surface area contributed by atoms with E-state index in [0.717, 1.165) is 29.9 Å². The van der Waals surface area contributed by atoms with Gasteiger partial charge in [-0.05, 0) is 48.1 Å². The molecule has 7 nitrogen and oxygen atoms in total. The third-order valence-corrected chi connectivity index (χ3v) is 7.41. The second kappa shape index (κ2) is 9.49. The Morgan fingerprint density at radius 2 is 1.94 bits per heavy atom. The van der Waals surface area contributed by atoms with Crippen LogP contribution in [-0.4, -0.2) is 33.6 Å². The number of fused-ring (bicyclic) bond motifs is 2. The van der Waals surface area contributed by atoms with Gasteiger partial charge in [0.25, 0.3) is 5.56 Å². The Kier molecular flexibility index (Phi) is 6.26. The first kappa shape index (κ1) is 22.4. The van der Waals surface area contributed by atoms with E-state index in [0.29, 0.717) is 47.9 Å². The van der Waals surface area contributed by atoms with Crippen molar-refractivity contribution in [2.45, 2.75) is 58.5 Å². The Morgan fingerprint density at radius 1 is 1.12 bits per heavy atom. The van der Waals surface area contributed by atoms with E-state index in [9.17, 15) is 9.59 Å². The molecule has 0 spiro atoms. The smallest absolute Gasteiger partial charge is 0.258 e. The highest BCUT2D eigenvalue weighted by molar-refractivity contribution is 5.78. The van der Waals surface area contributed by atoms with Crippen molar-refractivity contribution in [3.63, 3.8) is 0 Å². The lowest BCUT2D eigenvalue weighted by Gasteiger charge is -2.42. The van der Waals surface area contributed by atoms with Gasteiger partial charge in [-0.15, -0.1) is 0 Å². The van der Waals surface area contributed by atoms with Crippen LogP contribution in [0.3, 0.4) is 0 Å². The third-order valence-electron chi connectivity index (χ3n) is 7.41. The average Bonchev–Trinajstić information content (AvgIpc) is 3.31. The Morgan fingerprint density at radius 3 is 2.82 bits per heavy atom. The van der Waals surface area contributed by atoms with E-state index in [1.165, 1.54) is 6.42 Å². The Balaban J connectivity index is 1.37. The average molecular weight is 462 g/mol. The van der Waals surface area contributed by atoms with Crippen LogP contribution in [0.4, 0.5) is 0 Å². The van der Waals surface area contributed by atoms with Crippen LogP contribution in [0, 0.1) is 11.8 Å². The number of hydrogen-bond acceptors (Lipinski definition) is 5. The van der Waals surface area contributed by atoms with Crippen LogP contribution in [0.25, 0.3) is 10.9 Å². The van der Waals surface area contributed by atoms with E-state index >= 15 is 0 Å². The van der Waals surface area contributed by atoms with E-state index in [1.54, 1.807) is 6.07 Å². The molecule has 1 aliphatic heterocycles. The molecule has 7 heteroatoms. The van der Waals surface area contributed by atoms with Gasteiger partial charge in [-0.25, -0.2) is 4.98 Å². The van der Waals surface area contributed by atoms with Crippen LogP contribution in [0.15, 0.2) is 47.3 Å². The highest BCUT2D eigenvalue weighted by Crippen LogP contribution is 2.36. The lowest BCUT2D eigenvalue weighted by molar-refractivity contribution is -0.136. The number of aryl methyl sites for hydroxylation is 1. The van der Waals surface area contributed by atoms with E-state index in [4.69, 9.17) is 9.47 Å². The number of hydrogen-bond donors (Lipinski definition) is 1. The molecule has 1 aromatic heterocycles. The minimum Gasteiger partial charge on any atom is -0.454 e. The number of carbonyl (C=O) groups excluding carboxylic acids is 1. The van der Waals surface area contributed by atoms with Gasteiger partial charge in [0.2, 0.25) is 12.7 Å². The van der Waals surface area contributed by atoms with Crippen LogP contribution >= 0.6 is 0 Å². The van der Waals surface area contributed by atoms with Gasteiger partial charge in [0.05, 0.1) is 10.9 Å². The van der Waals surface area contributed by atoms with Gasteiger partial charge < -0.3 is 19.4 Å². The van der Waals surface area contributed by atoms with Crippen molar-refractivity contribution in [3.8, 4) is 11.5 Å². The second-order valence-corrected chi connectivity index (χ2v) is 9.57. The Labute approximate surface area is 199 Å². The highest BCUT2D eigenvalue weighted by Gasteiger charge is 2.34. The summed E-state index contributed by atoms with van der Waals surface area (Å²) in [4.78, 5) is 35.5. The molecule has 2 heterocycles. The Hall–Kier alpha value is -3.35. The van der Waals surface area contributed by atoms with Gasteiger partial charge in [0.15, 0.2) is 11.5 Å². The predicted molar refractivity (Wildman–Crippen MR) is 130 cm³/mol. The molecule has 1 fully saturated rings. The number of rotatable bonds is 6. The van der Waals surface area contributed by atoms with Crippen LogP contribution < -0.4 is 15.0 Å². The zero-order valence-electron chi connectivity index (χ0n) is 19.8. The summed E-state index contributed by atoms with van der Waals surface area (Å²) >= 11 is 0. The number of benzene rings is 2. The van der Waals surface area contributed by atoms with E-state index < -0.39 is 0 Å². The van der Waals surface area contributed by atoms with Crippen LogP contribution in [0.5, 0.6) is 11.5 Å². The first-order chi connectivity index (χ1) is 16.5. The highest BCUT2D eigenvalue weighted by atomic mass is 16.7. The van der Waals surface area contributed by atoms with Gasteiger partial charge in [-0.3, -0.25) is 9.59 Å². The lowest BCUT2D eigenvalue weighted by atomic mass is 9.77. The largest absolute Gasteiger partial charge is 0.454 e. The fourth-order valence-corrected chi connectivity index (χ4v) is 5.24. The standard InChI is InChI=1S/C27H31N3O4/c1-17-6-5-9-22(18(17)2)30(15-19-10-11-23-24(14-19)34-16-33-23)26(31)13-12-25-28-21-8-4-3-7-20(21)27(32)29-25/h3-4,7-8,10-11,14,17-18,22H,5-6,9,12-13,15-16H2,1-2H3,(H,28,29,32). The SMILES string of the molecule is CC1CCCC(N(Cc2ccc3c(c2)OCO3)C(=O)CCc2nc3ccccc3c(=O)[nH]2)C1C. The minimum absolute atomic E-state index is 0.0828. The van der Waals surface area contributed by atoms with Crippen molar-refractivity contribution in [3.05, 3.63) is 64.2 Å². The monoisotopic (exact) mass is 461 g/mol. The number of nitrogens with zero attached hydrogens (tertiary/aromatic N) is 2. The molecule has 1 N–H and O–H groups in total. The van der Waals surface area contributed by atoms with Gasteiger partial charge >= 0.3 is 0 Å². The molecule has 1 amide bonds. The summed E-state index contributed by atoms with van der Waals surface area (Å²) in [5.74, 6) is 3.10. The number of H-pyrrole nitrogens is 1. The number of amides is 1. The summed E-state index contributed by atoms with van der Waals surface area (Å²) in [5.41, 5.74) is 1.51. The third kappa shape index (κ3) is 4.52. The van der Waals surface area contributed by atoms with Crippen LogP contribution in [0.2, 0.25) is 0 Å². The van der Waals surface area contributed by atoms with E-state index in [1.807, 2.05) is 41.3 Å². The fourth-order valence-electron chi connectivity index (χ4n) is 5.24. The van der Waals surface area contributed by atoms with Crippen molar-refractivity contribution < 1.29 is 14.3 Å². The molecule has 0 radical (unpaired) electrons. The summed E-state index contributed by atoms with van der Waals surface area (Å²) in [5, 5.41) is 0.562. The molecule has 0 saturated heterocycles. The van der Waals surface area contributed by atoms with Crippen molar-refractivity contribution >= 4 is 16.8 Å². The number of para-hydroxylation sites is 1. The van der Waals surface area contributed by atoms with Gasteiger partial charge in [0.1, 0.15) is 5.82 Å². The zero-order valence-corrected chi connectivity index (χ0v) is 19.8. The molecule has 0 bridgehead atoms. The van der Waals surface area contributed by atoms with Crippen molar-refractivity contribution in [1.82, 2.24) is 14.9 Å². The maximum absolute atomic E-state index is 13.6. The number of aromatic nitrogens is 2. The molecule has 34 heavy (non-hydrogen) atoms. The van der Waals surface area contributed by atoms with Crippen LogP contribution in [-0.2, 0) is 17.8 Å².